The van der Waals surface area contributed by atoms with Gasteiger partial charge in [0, 0.05) is 19.5 Å². The largest absolute Gasteiger partial charge is 0.338 e. The van der Waals surface area contributed by atoms with E-state index in [2.05, 4.69) is 25.4 Å². The Hall–Kier alpha value is -2.35. The van der Waals surface area contributed by atoms with E-state index in [1.54, 1.807) is 6.92 Å². The molecule has 2 aromatic rings. The van der Waals surface area contributed by atoms with Crippen LogP contribution in [-0.2, 0) is 17.8 Å². The molecule has 0 bridgehead atoms. The topological polar surface area (TPSA) is 88.9 Å². The number of nitrogens with one attached hydrogen (secondary N) is 2. The highest BCUT2D eigenvalue weighted by Crippen LogP contribution is 2.35. The molecule has 0 unspecified atom stereocenters. The fourth-order valence-electron chi connectivity index (χ4n) is 2.93. The minimum absolute atomic E-state index is 0.363. The zero-order valence-corrected chi connectivity index (χ0v) is 15.6. The molecule has 1 aliphatic rings. The van der Waals surface area contributed by atoms with Gasteiger partial charge in [-0.2, -0.15) is 0 Å². The quantitative estimate of drug-likeness (QED) is 0.787. The van der Waals surface area contributed by atoms with E-state index in [-0.39, 0.29) is 5.91 Å². The minimum Gasteiger partial charge on any atom is -0.338 e. The monoisotopic (exact) mass is 373 g/mol. The van der Waals surface area contributed by atoms with Crippen LogP contribution in [0.1, 0.15) is 42.8 Å². The van der Waals surface area contributed by atoms with E-state index in [1.165, 1.54) is 18.2 Å². The molecule has 1 aromatic carbocycles. The van der Waals surface area contributed by atoms with Gasteiger partial charge in [0.15, 0.2) is 5.16 Å². The SMILES string of the molecule is CCNC(=O)NC(=O)[C@@H](Sc1nnc2n1CCCCC2)c1ccccc1. The van der Waals surface area contributed by atoms with E-state index in [9.17, 15) is 9.59 Å². The summed E-state index contributed by atoms with van der Waals surface area (Å²) in [5, 5.41) is 13.7. The van der Waals surface area contributed by atoms with Gasteiger partial charge in [-0.1, -0.05) is 48.5 Å². The summed E-state index contributed by atoms with van der Waals surface area (Å²) < 4.78 is 2.10. The number of hydrogen-bond donors (Lipinski definition) is 2. The first-order chi connectivity index (χ1) is 12.7. The molecule has 7 nitrogen and oxygen atoms in total. The van der Waals surface area contributed by atoms with Gasteiger partial charge in [-0.05, 0) is 25.3 Å². The van der Waals surface area contributed by atoms with Crippen LogP contribution in [0.4, 0.5) is 4.79 Å². The fraction of sp³-hybridized carbons (Fsp3) is 0.444. The van der Waals surface area contributed by atoms with E-state index >= 15 is 0 Å². The molecule has 2 heterocycles. The molecule has 8 heteroatoms. The van der Waals surface area contributed by atoms with Crippen LogP contribution in [-0.4, -0.2) is 33.2 Å². The highest BCUT2D eigenvalue weighted by Gasteiger charge is 2.27. The molecule has 26 heavy (non-hydrogen) atoms. The summed E-state index contributed by atoms with van der Waals surface area (Å²) in [5.41, 5.74) is 0.824. The summed E-state index contributed by atoms with van der Waals surface area (Å²) in [4.78, 5) is 24.5. The third kappa shape index (κ3) is 4.43. The number of nitrogens with zero attached hydrogens (tertiary/aromatic N) is 3. The average Bonchev–Trinajstić information content (AvgIpc) is 2.86. The van der Waals surface area contributed by atoms with Gasteiger partial charge in [-0.25, -0.2) is 4.79 Å². The number of thioether (sulfide) groups is 1. The van der Waals surface area contributed by atoms with Crippen molar-refractivity contribution in [3.05, 3.63) is 41.7 Å². The van der Waals surface area contributed by atoms with Crippen LogP contribution in [0, 0.1) is 0 Å². The van der Waals surface area contributed by atoms with Crippen molar-refractivity contribution in [2.24, 2.45) is 0 Å². The Labute approximate surface area is 157 Å². The predicted octanol–water partition coefficient (Wildman–Crippen LogP) is 2.68. The van der Waals surface area contributed by atoms with Crippen molar-refractivity contribution in [1.29, 1.82) is 0 Å². The van der Waals surface area contributed by atoms with Gasteiger partial charge in [0.05, 0.1) is 0 Å². The van der Waals surface area contributed by atoms with E-state index in [0.717, 1.165) is 42.4 Å². The maximum Gasteiger partial charge on any atom is 0.321 e. The summed E-state index contributed by atoms with van der Waals surface area (Å²) in [6.07, 6.45) is 4.28. The smallest absolute Gasteiger partial charge is 0.321 e. The molecule has 1 aromatic heterocycles. The molecule has 0 aliphatic carbocycles. The number of benzene rings is 1. The fourth-order valence-corrected chi connectivity index (χ4v) is 4.02. The van der Waals surface area contributed by atoms with Crippen LogP contribution in [0.5, 0.6) is 0 Å². The second kappa shape index (κ2) is 8.84. The van der Waals surface area contributed by atoms with Crippen LogP contribution >= 0.6 is 11.8 Å². The van der Waals surface area contributed by atoms with Crippen LogP contribution in [0.2, 0.25) is 0 Å². The second-order valence-corrected chi connectivity index (χ2v) is 7.19. The number of carbonyl (C=O) groups is 2. The van der Waals surface area contributed by atoms with Crippen LogP contribution in [0.25, 0.3) is 0 Å². The van der Waals surface area contributed by atoms with Crippen LogP contribution < -0.4 is 10.6 Å². The second-order valence-electron chi connectivity index (χ2n) is 6.12. The summed E-state index contributed by atoms with van der Waals surface area (Å²) in [6, 6.07) is 8.94. The van der Waals surface area contributed by atoms with Gasteiger partial charge >= 0.3 is 6.03 Å². The summed E-state index contributed by atoms with van der Waals surface area (Å²) >= 11 is 1.34. The van der Waals surface area contributed by atoms with Crippen molar-refractivity contribution in [3.63, 3.8) is 0 Å². The number of carbonyl (C=O) groups excluding carboxylic acids is 2. The van der Waals surface area contributed by atoms with Crippen LogP contribution in [0.3, 0.4) is 0 Å². The Morgan fingerprint density at radius 3 is 2.77 bits per heavy atom. The molecule has 1 atom stereocenters. The first-order valence-corrected chi connectivity index (χ1v) is 9.79. The van der Waals surface area contributed by atoms with Crippen LogP contribution in [0.15, 0.2) is 35.5 Å². The lowest BCUT2D eigenvalue weighted by atomic mass is 10.1. The maximum atomic E-state index is 12.7. The summed E-state index contributed by atoms with van der Waals surface area (Å²) in [6.45, 7) is 3.13. The summed E-state index contributed by atoms with van der Waals surface area (Å²) in [5.74, 6) is 0.610. The van der Waals surface area contributed by atoms with Gasteiger partial charge in [0.2, 0.25) is 5.91 Å². The first-order valence-electron chi connectivity index (χ1n) is 8.91. The Morgan fingerprint density at radius 2 is 2.00 bits per heavy atom. The molecule has 3 rings (SSSR count). The number of amides is 3. The molecule has 1 aliphatic heterocycles. The zero-order valence-electron chi connectivity index (χ0n) is 14.8. The highest BCUT2D eigenvalue weighted by atomic mass is 32.2. The van der Waals surface area contributed by atoms with E-state index < -0.39 is 11.3 Å². The predicted molar refractivity (Wildman–Crippen MR) is 99.8 cm³/mol. The maximum absolute atomic E-state index is 12.7. The number of aromatic nitrogens is 3. The number of imide groups is 1. The van der Waals surface area contributed by atoms with Gasteiger partial charge in [0.1, 0.15) is 11.1 Å². The van der Waals surface area contributed by atoms with Crippen molar-refractivity contribution in [1.82, 2.24) is 25.4 Å². The van der Waals surface area contributed by atoms with Crippen molar-refractivity contribution >= 4 is 23.7 Å². The number of fused-ring (bicyclic) bond motifs is 1. The molecule has 0 saturated carbocycles. The number of urea groups is 1. The van der Waals surface area contributed by atoms with Crippen molar-refractivity contribution in [3.8, 4) is 0 Å². The molecule has 0 fully saturated rings. The lowest BCUT2D eigenvalue weighted by molar-refractivity contribution is -0.119. The Balaban J connectivity index is 1.84. The van der Waals surface area contributed by atoms with E-state index in [1.807, 2.05) is 30.3 Å². The molecule has 2 N–H and O–H groups in total. The van der Waals surface area contributed by atoms with Crippen molar-refractivity contribution < 1.29 is 9.59 Å². The highest BCUT2D eigenvalue weighted by molar-refractivity contribution is 8.00. The molecule has 138 valence electrons. The van der Waals surface area contributed by atoms with Gasteiger partial charge in [0.25, 0.3) is 0 Å². The molecular weight excluding hydrogens is 350 g/mol. The Bertz CT molecular complexity index is 762. The van der Waals surface area contributed by atoms with Crippen molar-refractivity contribution in [2.45, 2.75) is 49.6 Å². The zero-order chi connectivity index (χ0) is 18.4. The van der Waals surface area contributed by atoms with Gasteiger partial charge < -0.3 is 9.88 Å². The van der Waals surface area contributed by atoms with E-state index in [0.29, 0.717) is 6.54 Å². The van der Waals surface area contributed by atoms with Crippen molar-refractivity contribution in [2.75, 3.05) is 6.54 Å². The Morgan fingerprint density at radius 1 is 1.19 bits per heavy atom. The minimum atomic E-state index is -0.574. The van der Waals surface area contributed by atoms with Gasteiger partial charge in [-0.15, -0.1) is 10.2 Å². The molecule has 3 amide bonds. The molecule has 0 spiro atoms. The standard InChI is InChI=1S/C18H23N5O2S/c1-2-19-17(25)20-16(24)15(13-9-5-3-6-10-13)26-18-22-21-14-11-7-4-8-12-23(14)18/h3,5-6,9-10,15H,2,4,7-8,11-12H2,1H3,(H2,19,20,24,25)/t15-/m0/s1. The molecular formula is C18H23N5O2S. The molecule has 0 radical (unpaired) electrons. The third-order valence-electron chi connectivity index (χ3n) is 4.21. The number of rotatable bonds is 5. The number of hydrogen-bond acceptors (Lipinski definition) is 5. The average molecular weight is 373 g/mol. The normalized spacial score (nSPS) is 14.8. The molecule has 0 saturated heterocycles. The first kappa shape index (κ1) is 18.4. The number of aryl methyl sites for hydroxylation is 1. The van der Waals surface area contributed by atoms with Gasteiger partial charge in [-0.3, -0.25) is 10.1 Å². The lowest BCUT2D eigenvalue weighted by Gasteiger charge is -2.16. The third-order valence-corrected chi connectivity index (χ3v) is 5.45. The summed E-state index contributed by atoms with van der Waals surface area (Å²) in [7, 11) is 0. The van der Waals surface area contributed by atoms with E-state index in [4.69, 9.17) is 0 Å². The Kier molecular flexibility index (Phi) is 6.27. The lowest BCUT2D eigenvalue weighted by Crippen LogP contribution is -2.41.